The van der Waals surface area contributed by atoms with Crippen LogP contribution in [0.3, 0.4) is 0 Å². The summed E-state index contributed by atoms with van der Waals surface area (Å²) in [5.41, 5.74) is 5.38. The van der Waals surface area contributed by atoms with E-state index in [1.807, 2.05) is 60.0 Å². The molecule has 4 aromatic rings. The van der Waals surface area contributed by atoms with Gasteiger partial charge in [0.15, 0.2) is 11.0 Å². The molecule has 1 N–H and O–H groups in total. The molecule has 0 saturated carbocycles. The van der Waals surface area contributed by atoms with Crippen molar-refractivity contribution < 1.29 is 14.5 Å². The van der Waals surface area contributed by atoms with Gasteiger partial charge in [-0.1, -0.05) is 41.1 Å². The predicted molar refractivity (Wildman–Crippen MR) is 143 cm³/mol. The van der Waals surface area contributed by atoms with Crippen molar-refractivity contribution in [3.63, 3.8) is 0 Å². The molecule has 0 radical (unpaired) electrons. The fraction of sp³-hybridized carbons (Fsp3) is 0.120. The summed E-state index contributed by atoms with van der Waals surface area (Å²) in [5.74, 6) is 0.954. The van der Waals surface area contributed by atoms with E-state index in [4.69, 9.17) is 16.3 Å². The average Bonchev–Trinajstić information content (AvgIpc) is 3.33. The molecule has 37 heavy (non-hydrogen) atoms. The minimum absolute atomic E-state index is 0.00656. The molecule has 1 aromatic heterocycles. The van der Waals surface area contributed by atoms with Crippen LogP contribution in [0.1, 0.15) is 11.1 Å². The molecule has 0 unspecified atom stereocenters. The van der Waals surface area contributed by atoms with Gasteiger partial charge in [-0.05, 0) is 49.4 Å². The lowest BCUT2D eigenvalue weighted by Crippen LogP contribution is -2.20. The highest BCUT2D eigenvalue weighted by molar-refractivity contribution is 7.99. The van der Waals surface area contributed by atoms with E-state index in [1.54, 1.807) is 7.11 Å². The number of halogens is 1. The van der Waals surface area contributed by atoms with E-state index in [9.17, 15) is 14.9 Å². The number of aryl methyl sites for hydroxylation is 1. The fourth-order valence-electron chi connectivity index (χ4n) is 3.30. The first kappa shape index (κ1) is 25.9. The van der Waals surface area contributed by atoms with Gasteiger partial charge < -0.3 is 4.74 Å². The number of hydrazone groups is 1. The standard InChI is InChI=1S/C25H21ClN6O4S/c1-16-3-7-19(8-4-16)31-24(17-5-10-21(36-2)11-6-17)29-30-25(31)37-15-23(33)28-27-14-18-13-20(32(34)35)9-12-22(18)26/h3-14H,15H2,1-2H3,(H,28,33)/b27-14-. The molecule has 0 aliphatic rings. The average molecular weight is 537 g/mol. The van der Waals surface area contributed by atoms with Gasteiger partial charge >= 0.3 is 0 Å². The third-order valence-electron chi connectivity index (χ3n) is 5.19. The highest BCUT2D eigenvalue weighted by Crippen LogP contribution is 2.29. The zero-order valence-corrected chi connectivity index (χ0v) is 21.4. The van der Waals surface area contributed by atoms with Gasteiger partial charge in [0.1, 0.15) is 5.75 Å². The summed E-state index contributed by atoms with van der Waals surface area (Å²) in [7, 11) is 1.60. The smallest absolute Gasteiger partial charge is 0.270 e. The van der Waals surface area contributed by atoms with E-state index in [-0.39, 0.29) is 16.5 Å². The normalized spacial score (nSPS) is 11.0. The first-order chi connectivity index (χ1) is 17.9. The number of ether oxygens (including phenoxy) is 1. The minimum Gasteiger partial charge on any atom is -0.497 e. The van der Waals surface area contributed by atoms with E-state index < -0.39 is 10.8 Å². The van der Waals surface area contributed by atoms with Gasteiger partial charge in [0.25, 0.3) is 11.6 Å². The number of nitro groups is 1. The third-order valence-corrected chi connectivity index (χ3v) is 6.46. The van der Waals surface area contributed by atoms with Crippen LogP contribution in [0.4, 0.5) is 5.69 Å². The Labute approximate surface area is 221 Å². The van der Waals surface area contributed by atoms with Crippen LogP contribution < -0.4 is 10.2 Å². The maximum atomic E-state index is 12.4. The number of thioether (sulfide) groups is 1. The second-order valence-electron chi connectivity index (χ2n) is 7.75. The molecule has 0 aliphatic heterocycles. The molecule has 3 aromatic carbocycles. The molecule has 1 amide bonds. The number of rotatable bonds is 9. The maximum absolute atomic E-state index is 12.4. The monoisotopic (exact) mass is 536 g/mol. The number of nitro benzene ring substituents is 1. The SMILES string of the molecule is COc1ccc(-c2nnc(SCC(=O)N/N=C\c3cc([N+](=O)[O-])ccc3Cl)n2-c2ccc(C)cc2)cc1. The Hall–Kier alpha value is -4.22. The van der Waals surface area contributed by atoms with Crippen molar-refractivity contribution >= 4 is 41.2 Å². The van der Waals surface area contributed by atoms with Gasteiger partial charge in [-0.2, -0.15) is 5.10 Å². The van der Waals surface area contributed by atoms with E-state index >= 15 is 0 Å². The summed E-state index contributed by atoms with van der Waals surface area (Å²) in [6.45, 7) is 2.00. The Morgan fingerprint density at radius 3 is 2.57 bits per heavy atom. The summed E-state index contributed by atoms with van der Waals surface area (Å²) >= 11 is 7.25. The van der Waals surface area contributed by atoms with Crippen LogP contribution in [0.5, 0.6) is 5.75 Å². The molecule has 0 spiro atoms. The number of hydrogen-bond acceptors (Lipinski definition) is 8. The lowest BCUT2D eigenvalue weighted by atomic mass is 10.2. The topological polar surface area (TPSA) is 125 Å². The van der Waals surface area contributed by atoms with Crippen molar-refractivity contribution in [1.29, 1.82) is 0 Å². The molecule has 0 atom stereocenters. The second kappa shape index (κ2) is 11.7. The quantitative estimate of drug-likeness (QED) is 0.137. The zero-order chi connectivity index (χ0) is 26.4. The Morgan fingerprint density at radius 2 is 1.89 bits per heavy atom. The van der Waals surface area contributed by atoms with E-state index in [0.717, 1.165) is 22.6 Å². The van der Waals surface area contributed by atoms with E-state index in [1.165, 1.54) is 36.2 Å². The predicted octanol–water partition coefficient (Wildman–Crippen LogP) is 5.06. The Morgan fingerprint density at radius 1 is 1.16 bits per heavy atom. The van der Waals surface area contributed by atoms with Crippen LogP contribution in [0.2, 0.25) is 5.02 Å². The lowest BCUT2D eigenvalue weighted by molar-refractivity contribution is -0.384. The number of benzene rings is 3. The number of amides is 1. The van der Waals surface area contributed by atoms with Crippen LogP contribution in [0.15, 0.2) is 77.0 Å². The summed E-state index contributed by atoms with van der Waals surface area (Å²) in [5, 5.41) is 24.3. The number of methoxy groups -OCH3 is 1. The third kappa shape index (κ3) is 6.32. The first-order valence-electron chi connectivity index (χ1n) is 10.9. The zero-order valence-electron chi connectivity index (χ0n) is 19.8. The van der Waals surface area contributed by atoms with Gasteiger partial charge in [-0.3, -0.25) is 19.5 Å². The van der Waals surface area contributed by atoms with Crippen LogP contribution in [0, 0.1) is 17.0 Å². The van der Waals surface area contributed by atoms with Crippen molar-refractivity contribution in [2.45, 2.75) is 12.1 Å². The molecule has 188 valence electrons. The number of nitrogens with one attached hydrogen (secondary N) is 1. The fourth-order valence-corrected chi connectivity index (χ4v) is 4.21. The largest absolute Gasteiger partial charge is 0.497 e. The summed E-state index contributed by atoms with van der Waals surface area (Å²) in [6, 6.07) is 19.3. The molecule has 0 fully saturated rings. The minimum atomic E-state index is -0.534. The molecule has 0 aliphatic carbocycles. The lowest BCUT2D eigenvalue weighted by Gasteiger charge is -2.11. The molecule has 12 heteroatoms. The first-order valence-corrected chi connectivity index (χ1v) is 12.3. The van der Waals surface area contributed by atoms with E-state index in [0.29, 0.717) is 16.5 Å². The van der Waals surface area contributed by atoms with Gasteiger partial charge in [-0.15, -0.1) is 10.2 Å². The Balaban J connectivity index is 1.51. The molecular weight excluding hydrogens is 516 g/mol. The summed E-state index contributed by atoms with van der Waals surface area (Å²) in [4.78, 5) is 22.9. The van der Waals surface area contributed by atoms with Gasteiger partial charge in [0.05, 0.1) is 24.0 Å². The number of non-ortho nitro benzene ring substituents is 1. The number of aromatic nitrogens is 3. The highest BCUT2D eigenvalue weighted by Gasteiger charge is 2.17. The molecule has 10 nitrogen and oxygen atoms in total. The number of nitrogens with zero attached hydrogens (tertiary/aromatic N) is 5. The summed E-state index contributed by atoms with van der Waals surface area (Å²) < 4.78 is 7.13. The second-order valence-corrected chi connectivity index (χ2v) is 9.10. The number of hydrogen-bond donors (Lipinski definition) is 1. The van der Waals surface area contributed by atoms with Crippen molar-refractivity contribution in [2.24, 2.45) is 5.10 Å². The number of carbonyl (C=O) groups excluding carboxylic acids is 1. The highest BCUT2D eigenvalue weighted by atomic mass is 35.5. The Bertz CT molecular complexity index is 1460. The van der Waals surface area contributed by atoms with Crippen molar-refractivity contribution in [1.82, 2.24) is 20.2 Å². The molecule has 1 heterocycles. The van der Waals surface area contributed by atoms with Crippen molar-refractivity contribution in [2.75, 3.05) is 12.9 Å². The molecular formula is C25H21ClN6O4S. The van der Waals surface area contributed by atoms with Crippen LogP contribution >= 0.6 is 23.4 Å². The van der Waals surface area contributed by atoms with Crippen molar-refractivity contribution in [3.8, 4) is 22.8 Å². The van der Waals surface area contributed by atoms with Crippen molar-refractivity contribution in [3.05, 3.63) is 93.0 Å². The number of carbonyl (C=O) groups is 1. The van der Waals surface area contributed by atoms with Crippen LogP contribution in [-0.4, -0.2) is 44.7 Å². The molecule has 0 saturated heterocycles. The van der Waals surface area contributed by atoms with Gasteiger partial charge in [0, 0.05) is 34.0 Å². The molecule has 0 bridgehead atoms. The van der Waals surface area contributed by atoms with E-state index in [2.05, 4.69) is 20.7 Å². The van der Waals surface area contributed by atoms with Crippen LogP contribution in [0.25, 0.3) is 17.1 Å². The maximum Gasteiger partial charge on any atom is 0.270 e. The van der Waals surface area contributed by atoms with Gasteiger partial charge in [0.2, 0.25) is 0 Å². The summed E-state index contributed by atoms with van der Waals surface area (Å²) in [6.07, 6.45) is 1.26. The van der Waals surface area contributed by atoms with Crippen LogP contribution in [-0.2, 0) is 4.79 Å². The Kier molecular flexibility index (Phi) is 8.16. The molecule has 4 rings (SSSR count). The van der Waals surface area contributed by atoms with Gasteiger partial charge in [-0.25, -0.2) is 5.43 Å².